The topological polar surface area (TPSA) is 125 Å². The van der Waals surface area contributed by atoms with Gasteiger partial charge in [0.05, 0.1) is 17.1 Å². The molecule has 1 heterocycles. The molecule has 0 aromatic heterocycles. The molecular formula is C34H40N4O5S. The van der Waals surface area contributed by atoms with Crippen LogP contribution in [0.15, 0.2) is 83.8 Å². The molecule has 0 unspecified atom stereocenters. The van der Waals surface area contributed by atoms with Crippen molar-refractivity contribution in [1.82, 2.24) is 15.5 Å². The van der Waals surface area contributed by atoms with Crippen molar-refractivity contribution in [2.24, 2.45) is 5.92 Å². The van der Waals surface area contributed by atoms with Gasteiger partial charge >= 0.3 is 0 Å². The van der Waals surface area contributed by atoms with Crippen molar-refractivity contribution in [3.05, 3.63) is 95.6 Å². The van der Waals surface area contributed by atoms with Crippen LogP contribution in [0.1, 0.15) is 71.2 Å². The normalized spacial score (nSPS) is 18.8. The van der Waals surface area contributed by atoms with Gasteiger partial charge in [-0.05, 0) is 107 Å². The summed E-state index contributed by atoms with van der Waals surface area (Å²) in [5.74, 6) is -0.287. The minimum atomic E-state index is -4.05. The van der Waals surface area contributed by atoms with Crippen LogP contribution < -0.4 is 15.4 Å². The molecule has 1 saturated heterocycles. The smallest absolute Gasteiger partial charge is 0.261 e. The number of amides is 2. The number of para-hydroxylation sites is 1. The molecule has 3 N–H and O–H groups in total. The van der Waals surface area contributed by atoms with Gasteiger partial charge in [-0.25, -0.2) is 8.42 Å². The second kappa shape index (κ2) is 14.6. The Morgan fingerprint density at radius 2 is 1.43 bits per heavy atom. The molecule has 3 aromatic carbocycles. The first-order chi connectivity index (χ1) is 21.3. The summed E-state index contributed by atoms with van der Waals surface area (Å²) in [6, 6.07) is 20.6. The maximum absolute atomic E-state index is 13.1. The minimum absolute atomic E-state index is 0.0650. The molecule has 1 saturated carbocycles. The first-order valence-corrected chi connectivity index (χ1v) is 16.9. The van der Waals surface area contributed by atoms with Gasteiger partial charge in [-0.3, -0.25) is 19.1 Å². The van der Waals surface area contributed by atoms with E-state index in [1.54, 1.807) is 48.5 Å². The van der Waals surface area contributed by atoms with Crippen LogP contribution in [-0.2, 0) is 14.8 Å². The molecule has 0 radical (unpaired) electrons. The highest BCUT2D eigenvalue weighted by molar-refractivity contribution is 7.92. The average molecular weight is 617 g/mol. The van der Waals surface area contributed by atoms with Gasteiger partial charge in [0.15, 0.2) is 5.78 Å². The van der Waals surface area contributed by atoms with E-state index >= 15 is 0 Å². The Morgan fingerprint density at radius 1 is 0.773 bits per heavy atom. The third-order valence-corrected chi connectivity index (χ3v) is 9.93. The van der Waals surface area contributed by atoms with Crippen molar-refractivity contribution in [3.63, 3.8) is 0 Å². The van der Waals surface area contributed by atoms with Crippen LogP contribution in [0.25, 0.3) is 0 Å². The van der Waals surface area contributed by atoms with Crippen molar-refractivity contribution in [2.45, 2.75) is 55.9 Å². The van der Waals surface area contributed by atoms with Crippen LogP contribution >= 0.6 is 0 Å². The first kappa shape index (κ1) is 31.4. The Morgan fingerprint density at radius 3 is 2.14 bits per heavy atom. The summed E-state index contributed by atoms with van der Waals surface area (Å²) in [5, 5.41) is 5.67. The lowest BCUT2D eigenvalue weighted by atomic mass is 9.84. The Bertz CT molecular complexity index is 1550. The number of sulfonamides is 1. The van der Waals surface area contributed by atoms with Crippen molar-refractivity contribution in [2.75, 3.05) is 30.9 Å². The fourth-order valence-electron chi connectivity index (χ4n) is 6.01. The maximum atomic E-state index is 13.1. The van der Waals surface area contributed by atoms with Gasteiger partial charge in [0.25, 0.3) is 15.9 Å². The number of hydrogen-bond donors (Lipinski definition) is 3. The summed E-state index contributed by atoms with van der Waals surface area (Å²) >= 11 is 0. The molecule has 0 bridgehead atoms. The van der Waals surface area contributed by atoms with E-state index in [1.807, 2.05) is 0 Å². The molecular weight excluding hydrogens is 576 g/mol. The highest BCUT2D eigenvalue weighted by Gasteiger charge is 2.24. The zero-order chi connectivity index (χ0) is 30.9. The fraction of sp³-hybridized carbons (Fsp3) is 0.382. The zero-order valence-corrected chi connectivity index (χ0v) is 25.7. The maximum Gasteiger partial charge on any atom is 0.261 e. The van der Waals surface area contributed by atoms with Crippen LogP contribution in [0.2, 0.25) is 0 Å². The molecule has 1 aliphatic heterocycles. The van der Waals surface area contributed by atoms with Gasteiger partial charge in [-0.2, -0.15) is 0 Å². The molecule has 10 heteroatoms. The Labute approximate surface area is 259 Å². The van der Waals surface area contributed by atoms with Crippen molar-refractivity contribution >= 4 is 33.3 Å². The second-order valence-electron chi connectivity index (χ2n) is 11.7. The summed E-state index contributed by atoms with van der Waals surface area (Å²) in [6.07, 6.45) is 8.01. The third-order valence-electron chi connectivity index (χ3n) is 8.55. The average Bonchev–Trinajstić information content (AvgIpc) is 3.57. The van der Waals surface area contributed by atoms with Gasteiger partial charge in [0.2, 0.25) is 5.91 Å². The van der Waals surface area contributed by atoms with E-state index < -0.39 is 15.9 Å². The van der Waals surface area contributed by atoms with E-state index in [4.69, 9.17) is 0 Å². The van der Waals surface area contributed by atoms with Gasteiger partial charge in [0.1, 0.15) is 0 Å². The molecule has 2 amide bonds. The van der Waals surface area contributed by atoms with Gasteiger partial charge < -0.3 is 15.5 Å². The van der Waals surface area contributed by atoms with Gasteiger partial charge in [0, 0.05) is 22.7 Å². The number of anilines is 1. The molecule has 3 aromatic rings. The number of rotatable bonds is 12. The number of carbonyl (C=O) groups excluding carboxylic acids is 3. The van der Waals surface area contributed by atoms with Crippen LogP contribution in [0.3, 0.4) is 0 Å². The third kappa shape index (κ3) is 8.33. The van der Waals surface area contributed by atoms with Crippen molar-refractivity contribution in [1.29, 1.82) is 0 Å². The van der Waals surface area contributed by atoms with E-state index in [1.165, 1.54) is 69.2 Å². The molecule has 1 aliphatic carbocycles. The molecule has 5 rings (SSSR count). The quantitative estimate of drug-likeness (QED) is 0.256. The summed E-state index contributed by atoms with van der Waals surface area (Å²) in [4.78, 5) is 40.7. The fourth-order valence-corrected chi connectivity index (χ4v) is 7.09. The molecule has 44 heavy (non-hydrogen) atoms. The number of ketones is 1. The number of benzene rings is 3. The summed E-state index contributed by atoms with van der Waals surface area (Å²) in [7, 11) is -4.05. The first-order valence-electron chi connectivity index (χ1n) is 15.4. The van der Waals surface area contributed by atoms with E-state index in [-0.39, 0.29) is 46.0 Å². The summed E-state index contributed by atoms with van der Waals surface area (Å²) < 4.78 is 28.8. The molecule has 232 valence electrons. The minimum Gasteiger partial charge on any atom is -0.352 e. The molecule has 2 aliphatic rings. The standard InChI is InChI=1S/C34H40N4O5S/c39-32(36-28-16-12-25(13-17-28)20-23-38-21-6-7-22-38)24-35-34(41)27-14-18-29(19-15-27)44(42,43)37-31-11-5-4-10-30(31)33(40)26-8-2-1-3-9-26/h1-5,8-11,14-15,18-19,25,28,37H,6-7,12-13,16-17,20-24H2,(H,35,41)(H,36,39)/t25-,28-. The molecule has 0 atom stereocenters. The van der Waals surface area contributed by atoms with Gasteiger partial charge in [-0.15, -0.1) is 0 Å². The van der Waals surface area contributed by atoms with E-state index in [0.717, 1.165) is 31.6 Å². The number of nitrogens with one attached hydrogen (secondary N) is 3. The highest BCUT2D eigenvalue weighted by atomic mass is 32.2. The lowest BCUT2D eigenvalue weighted by Crippen LogP contribution is -2.43. The number of hydrogen-bond acceptors (Lipinski definition) is 6. The molecule has 9 nitrogen and oxygen atoms in total. The van der Waals surface area contributed by atoms with Crippen LogP contribution in [0, 0.1) is 5.92 Å². The Hall–Kier alpha value is -4.02. The largest absolute Gasteiger partial charge is 0.352 e. The van der Waals surface area contributed by atoms with Crippen LogP contribution in [-0.4, -0.2) is 63.1 Å². The molecule has 2 fully saturated rings. The summed E-state index contributed by atoms with van der Waals surface area (Å²) in [5.41, 5.74) is 1.06. The highest BCUT2D eigenvalue weighted by Crippen LogP contribution is 2.28. The Balaban J connectivity index is 1.09. The predicted molar refractivity (Wildman–Crippen MR) is 170 cm³/mol. The van der Waals surface area contributed by atoms with E-state index in [9.17, 15) is 22.8 Å². The predicted octanol–water partition coefficient (Wildman–Crippen LogP) is 4.61. The lowest BCUT2D eigenvalue weighted by molar-refractivity contribution is -0.121. The zero-order valence-electron chi connectivity index (χ0n) is 24.8. The SMILES string of the molecule is O=C(CNC(=O)c1ccc(S(=O)(=O)Nc2ccccc2C(=O)c2ccccc2)cc1)N[C@H]1CC[C@H](CCN2CCCC2)CC1. The monoisotopic (exact) mass is 616 g/mol. The summed E-state index contributed by atoms with van der Waals surface area (Å²) in [6.45, 7) is 3.49. The lowest BCUT2D eigenvalue weighted by Gasteiger charge is -2.30. The van der Waals surface area contributed by atoms with Crippen molar-refractivity contribution in [3.8, 4) is 0 Å². The Kier molecular flexibility index (Phi) is 10.4. The van der Waals surface area contributed by atoms with Crippen LogP contribution in [0.4, 0.5) is 5.69 Å². The number of nitrogens with zero attached hydrogens (tertiary/aromatic N) is 1. The molecule has 0 spiro atoms. The number of likely N-dealkylation sites (tertiary alicyclic amines) is 1. The number of carbonyl (C=O) groups is 3. The van der Waals surface area contributed by atoms with E-state index in [0.29, 0.717) is 5.56 Å². The second-order valence-corrected chi connectivity index (χ2v) is 13.4. The van der Waals surface area contributed by atoms with Gasteiger partial charge in [-0.1, -0.05) is 42.5 Å². The van der Waals surface area contributed by atoms with E-state index in [2.05, 4.69) is 20.3 Å². The van der Waals surface area contributed by atoms with Crippen LogP contribution in [0.5, 0.6) is 0 Å². The van der Waals surface area contributed by atoms with Crippen molar-refractivity contribution < 1.29 is 22.8 Å².